The van der Waals surface area contributed by atoms with Crippen molar-refractivity contribution >= 4 is 11.7 Å². The van der Waals surface area contributed by atoms with Gasteiger partial charge in [0.2, 0.25) is 0 Å². The van der Waals surface area contributed by atoms with E-state index in [0.717, 1.165) is 12.0 Å². The summed E-state index contributed by atoms with van der Waals surface area (Å²) in [7, 11) is 0. The van der Waals surface area contributed by atoms with Gasteiger partial charge >= 0.3 is 5.97 Å². The van der Waals surface area contributed by atoms with Crippen molar-refractivity contribution in [1.82, 2.24) is 0 Å². The number of nitrogens with one attached hydrogen (secondary N) is 1. The number of hydrogen-bond donors (Lipinski definition) is 2. The van der Waals surface area contributed by atoms with Crippen molar-refractivity contribution in [2.75, 3.05) is 5.32 Å². The highest BCUT2D eigenvalue weighted by Gasteiger charge is 2.26. The van der Waals surface area contributed by atoms with Crippen molar-refractivity contribution in [1.29, 1.82) is 0 Å². The SMILES string of the molecule is Cc1ccc(NC(C)(C)CC(C)(C)C)c(C(=O)O)c1. The molecule has 0 heterocycles. The van der Waals surface area contributed by atoms with Gasteiger partial charge in [0.1, 0.15) is 0 Å². The van der Waals surface area contributed by atoms with Gasteiger partial charge in [0, 0.05) is 11.2 Å². The first kappa shape index (κ1) is 15.5. The van der Waals surface area contributed by atoms with Crippen LogP contribution in [-0.2, 0) is 0 Å². The van der Waals surface area contributed by atoms with Gasteiger partial charge in [-0.05, 0) is 44.7 Å². The first-order valence-corrected chi connectivity index (χ1v) is 6.62. The fourth-order valence-corrected chi connectivity index (χ4v) is 2.68. The molecule has 1 aromatic carbocycles. The average Bonchev–Trinajstić information content (AvgIpc) is 2.16. The van der Waals surface area contributed by atoms with Gasteiger partial charge in [-0.15, -0.1) is 0 Å². The number of hydrogen-bond acceptors (Lipinski definition) is 2. The summed E-state index contributed by atoms with van der Waals surface area (Å²) in [6.07, 6.45) is 0.951. The van der Waals surface area contributed by atoms with Crippen molar-refractivity contribution in [2.45, 2.75) is 53.5 Å². The number of aromatic carboxylic acids is 1. The summed E-state index contributed by atoms with van der Waals surface area (Å²) in [5.74, 6) is -0.891. The van der Waals surface area contributed by atoms with Gasteiger partial charge in [-0.3, -0.25) is 0 Å². The lowest BCUT2D eigenvalue weighted by Gasteiger charge is -2.34. The van der Waals surface area contributed by atoms with Gasteiger partial charge in [-0.25, -0.2) is 4.79 Å². The standard InChI is InChI=1S/C16H25NO2/c1-11-7-8-13(12(9-11)14(18)19)17-16(5,6)10-15(2,3)4/h7-9,17H,10H2,1-6H3,(H,18,19). The highest BCUT2D eigenvalue weighted by Crippen LogP contribution is 2.31. The Morgan fingerprint density at radius 2 is 1.79 bits per heavy atom. The molecule has 0 aliphatic rings. The minimum absolute atomic E-state index is 0.155. The third-order valence-electron chi connectivity index (χ3n) is 2.85. The second-order valence-corrected chi connectivity index (χ2v) is 7.10. The molecule has 0 aliphatic heterocycles. The number of carbonyl (C=O) groups is 1. The normalized spacial score (nSPS) is 12.3. The van der Waals surface area contributed by atoms with Crippen LogP contribution in [0.3, 0.4) is 0 Å². The maximum Gasteiger partial charge on any atom is 0.337 e. The molecule has 19 heavy (non-hydrogen) atoms. The quantitative estimate of drug-likeness (QED) is 0.850. The van der Waals surface area contributed by atoms with E-state index in [4.69, 9.17) is 0 Å². The largest absolute Gasteiger partial charge is 0.478 e. The molecule has 0 aromatic heterocycles. The molecular weight excluding hydrogens is 238 g/mol. The van der Waals surface area contributed by atoms with Gasteiger partial charge < -0.3 is 10.4 Å². The molecule has 0 atom stereocenters. The fraction of sp³-hybridized carbons (Fsp3) is 0.562. The summed E-state index contributed by atoms with van der Waals surface area (Å²) in [6.45, 7) is 12.7. The molecule has 0 amide bonds. The molecule has 0 aliphatic carbocycles. The van der Waals surface area contributed by atoms with Crippen LogP contribution in [0.5, 0.6) is 0 Å². The van der Waals surface area contributed by atoms with E-state index >= 15 is 0 Å². The van der Waals surface area contributed by atoms with Crippen LogP contribution < -0.4 is 5.32 Å². The van der Waals surface area contributed by atoms with E-state index in [1.807, 2.05) is 19.1 Å². The minimum Gasteiger partial charge on any atom is -0.478 e. The Bertz CT molecular complexity index is 470. The van der Waals surface area contributed by atoms with Crippen molar-refractivity contribution < 1.29 is 9.90 Å². The Morgan fingerprint density at radius 3 is 2.26 bits per heavy atom. The molecule has 0 radical (unpaired) electrons. The Labute approximate surface area is 116 Å². The number of rotatable bonds is 4. The predicted molar refractivity (Wildman–Crippen MR) is 79.9 cm³/mol. The van der Waals surface area contributed by atoms with E-state index in [1.165, 1.54) is 0 Å². The maximum absolute atomic E-state index is 11.3. The van der Waals surface area contributed by atoms with E-state index < -0.39 is 5.97 Å². The second-order valence-electron chi connectivity index (χ2n) is 7.10. The Hall–Kier alpha value is -1.51. The van der Waals surface area contributed by atoms with Crippen LogP contribution in [0.4, 0.5) is 5.69 Å². The van der Waals surface area contributed by atoms with Crippen LogP contribution >= 0.6 is 0 Å². The molecule has 3 heteroatoms. The van der Waals surface area contributed by atoms with Gasteiger partial charge in [-0.2, -0.15) is 0 Å². The van der Waals surface area contributed by atoms with E-state index in [0.29, 0.717) is 11.3 Å². The van der Waals surface area contributed by atoms with Crippen LogP contribution in [0.1, 0.15) is 57.0 Å². The Morgan fingerprint density at radius 1 is 1.21 bits per heavy atom. The average molecular weight is 263 g/mol. The molecule has 0 unspecified atom stereocenters. The Balaban J connectivity index is 3.02. The van der Waals surface area contributed by atoms with Crippen molar-refractivity contribution in [2.24, 2.45) is 5.41 Å². The van der Waals surface area contributed by atoms with Crippen LogP contribution in [-0.4, -0.2) is 16.6 Å². The smallest absolute Gasteiger partial charge is 0.337 e. The fourth-order valence-electron chi connectivity index (χ4n) is 2.68. The van der Waals surface area contributed by atoms with Crippen LogP contribution in [0.2, 0.25) is 0 Å². The van der Waals surface area contributed by atoms with E-state index in [1.54, 1.807) is 6.07 Å². The maximum atomic E-state index is 11.3. The first-order chi connectivity index (χ1) is 8.50. The van der Waals surface area contributed by atoms with Gasteiger partial charge in [-0.1, -0.05) is 32.4 Å². The predicted octanol–water partition coefficient (Wildman–Crippen LogP) is 4.32. The van der Waals surface area contributed by atoms with Crippen LogP contribution in [0.15, 0.2) is 18.2 Å². The Kier molecular flexibility index (Phi) is 4.28. The lowest BCUT2D eigenvalue weighted by molar-refractivity contribution is 0.0697. The van der Waals surface area contributed by atoms with E-state index in [9.17, 15) is 9.90 Å². The second kappa shape index (κ2) is 5.24. The molecule has 1 rings (SSSR count). The van der Waals surface area contributed by atoms with Gasteiger partial charge in [0.15, 0.2) is 0 Å². The minimum atomic E-state index is -0.891. The highest BCUT2D eigenvalue weighted by molar-refractivity contribution is 5.94. The van der Waals surface area contributed by atoms with E-state index in [2.05, 4.69) is 39.9 Å². The summed E-state index contributed by atoms with van der Waals surface area (Å²) in [4.78, 5) is 11.3. The van der Waals surface area contributed by atoms with Crippen molar-refractivity contribution in [3.63, 3.8) is 0 Å². The third kappa shape index (κ3) is 4.93. The summed E-state index contributed by atoms with van der Waals surface area (Å²) in [6, 6.07) is 5.49. The lowest BCUT2D eigenvalue weighted by Crippen LogP contribution is -2.36. The van der Waals surface area contributed by atoms with Crippen molar-refractivity contribution in [3.05, 3.63) is 29.3 Å². The van der Waals surface area contributed by atoms with Gasteiger partial charge in [0.25, 0.3) is 0 Å². The monoisotopic (exact) mass is 263 g/mol. The third-order valence-corrected chi connectivity index (χ3v) is 2.85. The molecule has 1 aromatic rings. The molecule has 2 N–H and O–H groups in total. The van der Waals surface area contributed by atoms with Crippen LogP contribution in [0, 0.1) is 12.3 Å². The summed E-state index contributed by atoms with van der Waals surface area (Å²) >= 11 is 0. The number of carboxylic acid groups (broad SMARTS) is 1. The highest BCUT2D eigenvalue weighted by atomic mass is 16.4. The zero-order chi connectivity index (χ0) is 14.8. The zero-order valence-corrected chi connectivity index (χ0v) is 12.8. The number of carboxylic acids is 1. The number of benzene rings is 1. The topological polar surface area (TPSA) is 49.3 Å². The summed E-state index contributed by atoms with van der Waals surface area (Å²) < 4.78 is 0. The molecule has 0 saturated heterocycles. The zero-order valence-electron chi connectivity index (χ0n) is 12.8. The molecule has 3 nitrogen and oxygen atoms in total. The molecule has 0 fully saturated rings. The summed E-state index contributed by atoms with van der Waals surface area (Å²) in [5, 5.41) is 12.7. The molecule has 0 spiro atoms. The first-order valence-electron chi connectivity index (χ1n) is 6.62. The lowest BCUT2D eigenvalue weighted by atomic mass is 9.81. The molecular formula is C16H25NO2. The van der Waals surface area contributed by atoms with E-state index in [-0.39, 0.29) is 11.0 Å². The molecule has 0 bridgehead atoms. The van der Waals surface area contributed by atoms with Gasteiger partial charge in [0.05, 0.1) is 5.56 Å². The molecule has 106 valence electrons. The number of aryl methyl sites for hydroxylation is 1. The summed E-state index contributed by atoms with van der Waals surface area (Å²) in [5.41, 5.74) is 2.01. The van der Waals surface area contributed by atoms with Crippen molar-refractivity contribution in [3.8, 4) is 0 Å². The van der Waals surface area contributed by atoms with Crippen LogP contribution in [0.25, 0.3) is 0 Å². The number of anilines is 1. The molecule has 0 saturated carbocycles.